The molecule has 46 heavy (non-hydrogen) atoms. The van der Waals surface area contributed by atoms with Crippen molar-refractivity contribution in [1.29, 1.82) is 0 Å². The van der Waals surface area contributed by atoms with Crippen molar-refractivity contribution in [2.75, 3.05) is 19.5 Å². The SMILES string of the molecule is CO.COC(=O)c1nc(C=O)ccc1-c1cc(O)c(-c2sccc2C)cc1C(=O)Nc1ccc(CNC(=O)OC(C)(C)C)cc1C. The number of carbonyl (C=O) groups is 4. The maximum Gasteiger partial charge on any atom is 0.407 e. The van der Waals surface area contributed by atoms with E-state index < -0.39 is 23.6 Å². The van der Waals surface area contributed by atoms with Crippen LogP contribution in [0.4, 0.5) is 10.5 Å². The first-order valence-electron chi connectivity index (χ1n) is 14.1. The number of esters is 1. The number of alkyl carbamates (subject to hydrolysis) is 1. The van der Waals surface area contributed by atoms with E-state index in [4.69, 9.17) is 14.6 Å². The van der Waals surface area contributed by atoms with Gasteiger partial charge < -0.3 is 30.3 Å². The Bertz CT molecular complexity index is 1760. The maximum atomic E-state index is 13.9. The number of ether oxygens (including phenoxy) is 2. The molecular formula is C34H37N3O8S. The summed E-state index contributed by atoms with van der Waals surface area (Å²) in [7, 11) is 2.19. The maximum absolute atomic E-state index is 13.9. The second-order valence-electron chi connectivity index (χ2n) is 11.0. The molecule has 0 aliphatic carbocycles. The van der Waals surface area contributed by atoms with E-state index >= 15 is 0 Å². The first kappa shape index (κ1) is 35.4. The van der Waals surface area contributed by atoms with Gasteiger partial charge in [-0.05, 0) is 93.1 Å². The summed E-state index contributed by atoms with van der Waals surface area (Å²) >= 11 is 1.42. The third-order valence-corrected chi connectivity index (χ3v) is 7.62. The minimum Gasteiger partial charge on any atom is -0.507 e. The Hall–Kier alpha value is -5.07. The van der Waals surface area contributed by atoms with E-state index in [1.807, 2.05) is 31.4 Å². The number of nitrogens with one attached hydrogen (secondary N) is 2. The van der Waals surface area contributed by atoms with Crippen molar-refractivity contribution in [1.82, 2.24) is 10.3 Å². The molecule has 12 heteroatoms. The molecule has 0 bridgehead atoms. The molecule has 0 aliphatic heterocycles. The van der Waals surface area contributed by atoms with E-state index in [2.05, 4.69) is 15.6 Å². The number of aromatic nitrogens is 1. The molecule has 4 N–H and O–H groups in total. The Morgan fingerprint density at radius 1 is 0.957 bits per heavy atom. The van der Waals surface area contributed by atoms with Gasteiger partial charge in [-0.1, -0.05) is 12.1 Å². The number of pyridine rings is 1. The predicted molar refractivity (Wildman–Crippen MR) is 176 cm³/mol. The number of hydrogen-bond acceptors (Lipinski definition) is 10. The minimum absolute atomic E-state index is 0.00655. The number of rotatable bonds is 8. The molecule has 0 fully saturated rings. The van der Waals surface area contributed by atoms with E-state index in [0.29, 0.717) is 17.5 Å². The van der Waals surface area contributed by atoms with Crippen LogP contribution in [-0.2, 0) is 16.0 Å². The highest BCUT2D eigenvalue weighted by atomic mass is 32.1. The zero-order valence-electron chi connectivity index (χ0n) is 26.7. The number of phenols is 1. The number of hydrogen-bond donors (Lipinski definition) is 4. The fourth-order valence-corrected chi connectivity index (χ4v) is 5.45. The Kier molecular flexibility index (Phi) is 11.8. The van der Waals surface area contributed by atoms with Gasteiger partial charge in [0.2, 0.25) is 0 Å². The molecule has 0 aliphatic rings. The van der Waals surface area contributed by atoms with Gasteiger partial charge in [-0.2, -0.15) is 0 Å². The van der Waals surface area contributed by atoms with Crippen molar-refractivity contribution >= 4 is 41.3 Å². The normalized spacial score (nSPS) is 10.7. The van der Waals surface area contributed by atoms with Crippen molar-refractivity contribution in [2.24, 2.45) is 0 Å². The van der Waals surface area contributed by atoms with Crippen LogP contribution in [0.25, 0.3) is 21.6 Å². The standard InChI is InChI=1S/C33H33N3O7S.CH4O/c1-18-11-12-44-29(18)25-14-24(23(15-27(25)38)22-9-8-21(17-37)35-28(22)31(40)42-6)30(39)36-26-10-7-20(13-19(26)2)16-34-32(41)43-33(3,4)5;1-2/h7-15,17,38H,16H2,1-6H3,(H,34,41)(H,36,39);2H,1H3. The number of aldehydes is 1. The van der Waals surface area contributed by atoms with E-state index in [-0.39, 0.29) is 40.4 Å². The van der Waals surface area contributed by atoms with Crippen molar-refractivity contribution in [2.45, 2.75) is 46.8 Å². The second kappa shape index (κ2) is 15.3. The Labute approximate surface area is 271 Å². The Balaban J connectivity index is 0.00000282. The number of aryl methyl sites for hydroxylation is 2. The number of nitrogens with zero attached hydrogens (tertiary/aromatic N) is 1. The van der Waals surface area contributed by atoms with Crippen LogP contribution in [0.15, 0.2) is 53.9 Å². The highest BCUT2D eigenvalue weighted by Gasteiger charge is 2.25. The van der Waals surface area contributed by atoms with E-state index in [9.17, 15) is 24.3 Å². The number of methoxy groups -OCH3 is 1. The third-order valence-electron chi connectivity index (χ3n) is 6.57. The first-order chi connectivity index (χ1) is 21.8. The van der Waals surface area contributed by atoms with Gasteiger partial charge in [0.1, 0.15) is 17.0 Å². The summed E-state index contributed by atoms with van der Waals surface area (Å²) in [6, 6.07) is 13.1. The van der Waals surface area contributed by atoms with Gasteiger partial charge in [0.15, 0.2) is 12.0 Å². The van der Waals surface area contributed by atoms with Crippen molar-refractivity contribution in [3.63, 3.8) is 0 Å². The number of carbonyl (C=O) groups excluding carboxylic acids is 4. The largest absolute Gasteiger partial charge is 0.507 e. The average molecular weight is 648 g/mol. The third kappa shape index (κ3) is 8.55. The molecule has 4 aromatic rings. The molecule has 2 aromatic carbocycles. The van der Waals surface area contributed by atoms with E-state index in [1.54, 1.807) is 39.0 Å². The topological polar surface area (TPSA) is 164 Å². The van der Waals surface area contributed by atoms with E-state index in [0.717, 1.165) is 28.7 Å². The average Bonchev–Trinajstić information content (AvgIpc) is 3.45. The lowest BCUT2D eigenvalue weighted by Crippen LogP contribution is -2.32. The summed E-state index contributed by atoms with van der Waals surface area (Å²) in [6.45, 7) is 9.30. The number of aliphatic hydroxyl groups is 1. The van der Waals surface area contributed by atoms with Crippen LogP contribution in [0.5, 0.6) is 5.75 Å². The fraction of sp³-hybridized carbons (Fsp3) is 0.265. The van der Waals surface area contributed by atoms with Crippen LogP contribution in [0, 0.1) is 13.8 Å². The molecule has 0 unspecified atom stereocenters. The molecule has 2 heterocycles. The first-order valence-corrected chi connectivity index (χ1v) is 15.0. The van der Waals surface area contributed by atoms with Crippen LogP contribution < -0.4 is 10.6 Å². The van der Waals surface area contributed by atoms with Crippen molar-refractivity contribution in [3.8, 4) is 27.3 Å². The molecule has 242 valence electrons. The second-order valence-corrected chi connectivity index (χ2v) is 12.0. The fourth-order valence-electron chi connectivity index (χ4n) is 4.49. The molecular weight excluding hydrogens is 610 g/mol. The lowest BCUT2D eigenvalue weighted by atomic mass is 9.93. The van der Waals surface area contributed by atoms with Gasteiger partial charge in [0, 0.05) is 46.5 Å². The highest BCUT2D eigenvalue weighted by molar-refractivity contribution is 7.13. The molecule has 2 amide bonds. The van der Waals surface area contributed by atoms with Crippen molar-refractivity contribution in [3.05, 3.63) is 87.6 Å². The summed E-state index contributed by atoms with van der Waals surface area (Å²) in [5.41, 5.74) is 3.23. The summed E-state index contributed by atoms with van der Waals surface area (Å²) in [6.07, 6.45) is -0.0365. The van der Waals surface area contributed by atoms with Crippen LogP contribution in [-0.4, -0.2) is 59.3 Å². The molecule has 0 atom stereocenters. The number of anilines is 1. The van der Waals surface area contributed by atoms with Crippen LogP contribution in [0.3, 0.4) is 0 Å². The number of aromatic hydroxyl groups is 1. The molecule has 4 rings (SSSR count). The molecule has 0 spiro atoms. The van der Waals surface area contributed by atoms with Crippen LogP contribution in [0.2, 0.25) is 0 Å². The summed E-state index contributed by atoms with van der Waals surface area (Å²) in [4.78, 5) is 55.0. The number of benzene rings is 2. The number of phenolic OH excluding ortho intramolecular Hbond substituents is 1. The predicted octanol–water partition coefficient (Wildman–Crippen LogP) is 6.28. The molecule has 2 aromatic heterocycles. The van der Waals surface area contributed by atoms with Gasteiger partial charge >= 0.3 is 12.1 Å². The monoisotopic (exact) mass is 647 g/mol. The molecule has 0 radical (unpaired) electrons. The smallest absolute Gasteiger partial charge is 0.407 e. The Morgan fingerprint density at radius 3 is 2.26 bits per heavy atom. The number of aliphatic hydroxyl groups excluding tert-OH is 1. The lowest BCUT2D eigenvalue weighted by molar-refractivity contribution is 0.0522. The minimum atomic E-state index is -0.806. The number of thiophene rings is 1. The molecule has 11 nitrogen and oxygen atoms in total. The number of amides is 2. The van der Waals surface area contributed by atoms with Gasteiger partial charge in [0.05, 0.1) is 7.11 Å². The Morgan fingerprint density at radius 2 is 1.67 bits per heavy atom. The summed E-state index contributed by atoms with van der Waals surface area (Å²) in [5.74, 6) is -1.41. The lowest BCUT2D eigenvalue weighted by Gasteiger charge is -2.20. The van der Waals surface area contributed by atoms with Gasteiger partial charge in [-0.15, -0.1) is 11.3 Å². The van der Waals surface area contributed by atoms with Crippen LogP contribution >= 0.6 is 11.3 Å². The quantitative estimate of drug-likeness (QED) is 0.127. The van der Waals surface area contributed by atoms with Gasteiger partial charge in [-0.25, -0.2) is 14.6 Å². The van der Waals surface area contributed by atoms with Gasteiger partial charge in [-0.3, -0.25) is 9.59 Å². The molecule has 0 saturated heterocycles. The van der Waals surface area contributed by atoms with Crippen molar-refractivity contribution < 1.29 is 38.9 Å². The zero-order chi connectivity index (χ0) is 34.2. The zero-order valence-corrected chi connectivity index (χ0v) is 27.5. The van der Waals surface area contributed by atoms with Gasteiger partial charge in [0.25, 0.3) is 5.91 Å². The molecule has 0 saturated carbocycles. The van der Waals surface area contributed by atoms with E-state index in [1.165, 1.54) is 36.6 Å². The summed E-state index contributed by atoms with van der Waals surface area (Å²) < 4.78 is 10.2. The van der Waals surface area contributed by atoms with Crippen LogP contribution in [0.1, 0.15) is 68.8 Å². The highest BCUT2D eigenvalue weighted by Crippen LogP contribution is 2.41. The summed E-state index contributed by atoms with van der Waals surface area (Å²) in [5, 5.41) is 25.6.